The van der Waals surface area contributed by atoms with Crippen LogP contribution in [0.5, 0.6) is 0 Å². The molecule has 0 bridgehead atoms. The summed E-state index contributed by atoms with van der Waals surface area (Å²) in [7, 11) is 0. The molecule has 0 spiro atoms. The van der Waals surface area contributed by atoms with Crippen molar-refractivity contribution in [2.24, 2.45) is 5.73 Å². The van der Waals surface area contributed by atoms with Crippen molar-refractivity contribution in [3.63, 3.8) is 0 Å². The van der Waals surface area contributed by atoms with Gasteiger partial charge in [0, 0.05) is 12.5 Å². The van der Waals surface area contributed by atoms with Crippen molar-refractivity contribution in [2.75, 3.05) is 13.1 Å². The second-order valence-corrected chi connectivity index (χ2v) is 3.73. The molecule has 0 saturated carbocycles. The molecular formula is C11H17N3O3. The van der Waals surface area contributed by atoms with E-state index < -0.39 is 0 Å². The summed E-state index contributed by atoms with van der Waals surface area (Å²) in [5.41, 5.74) is 5.09. The lowest BCUT2D eigenvalue weighted by Gasteiger charge is -2.12. The van der Waals surface area contributed by atoms with Gasteiger partial charge < -0.3 is 20.8 Å². The number of nitrogens with one attached hydrogen (secondary N) is 2. The van der Waals surface area contributed by atoms with Crippen molar-refractivity contribution in [3.05, 3.63) is 24.2 Å². The summed E-state index contributed by atoms with van der Waals surface area (Å²) in [6, 6.07) is 3.59. The van der Waals surface area contributed by atoms with Crippen LogP contribution in [0.25, 0.3) is 0 Å². The van der Waals surface area contributed by atoms with Gasteiger partial charge in [-0.05, 0) is 19.1 Å². The van der Waals surface area contributed by atoms with Crippen LogP contribution < -0.4 is 16.4 Å². The van der Waals surface area contributed by atoms with Gasteiger partial charge in [-0.25, -0.2) is 0 Å². The zero-order chi connectivity index (χ0) is 12.7. The lowest BCUT2D eigenvalue weighted by Crippen LogP contribution is -2.43. The van der Waals surface area contributed by atoms with E-state index in [1.165, 1.54) is 0 Å². The SMILES string of the molecule is CC(Cc1ccco1)NC(=O)CNC(=O)CN. The molecule has 0 aliphatic carbocycles. The van der Waals surface area contributed by atoms with E-state index in [1.54, 1.807) is 12.3 Å². The van der Waals surface area contributed by atoms with E-state index in [0.29, 0.717) is 6.42 Å². The van der Waals surface area contributed by atoms with E-state index in [-0.39, 0.29) is 30.9 Å². The van der Waals surface area contributed by atoms with E-state index in [2.05, 4.69) is 10.6 Å². The second-order valence-electron chi connectivity index (χ2n) is 3.73. The third-order valence-electron chi connectivity index (χ3n) is 2.13. The van der Waals surface area contributed by atoms with E-state index in [4.69, 9.17) is 10.2 Å². The molecule has 0 aliphatic heterocycles. The minimum atomic E-state index is -0.348. The maximum Gasteiger partial charge on any atom is 0.239 e. The van der Waals surface area contributed by atoms with Crippen LogP contribution in [0.2, 0.25) is 0 Å². The molecule has 0 aromatic carbocycles. The molecule has 1 atom stereocenters. The Morgan fingerprint density at radius 3 is 2.82 bits per heavy atom. The van der Waals surface area contributed by atoms with E-state index >= 15 is 0 Å². The highest BCUT2D eigenvalue weighted by molar-refractivity contribution is 5.85. The monoisotopic (exact) mass is 239 g/mol. The minimum absolute atomic E-state index is 0.0524. The van der Waals surface area contributed by atoms with Gasteiger partial charge in [0.1, 0.15) is 5.76 Å². The average molecular weight is 239 g/mol. The number of hydrogen-bond donors (Lipinski definition) is 3. The molecule has 1 aromatic rings. The van der Waals surface area contributed by atoms with Crippen LogP contribution in [0.1, 0.15) is 12.7 Å². The highest BCUT2D eigenvalue weighted by Gasteiger charge is 2.10. The highest BCUT2D eigenvalue weighted by Crippen LogP contribution is 2.03. The van der Waals surface area contributed by atoms with Crippen LogP contribution in [-0.2, 0) is 16.0 Å². The molecule has 4 N–H and O–H groups in total. The highest BCUT2D eigenvalue weighted by atomic mass is 16.3. The van der Waals surface area contributed by atoms with Crippen molar-refractivity contribution in [2.45, 2.75) is 19.4 Å². The Bertz CT molecular complexity index is 362. The summed E-state index contributed by atoms with van der Waals surface area (Å²) in [4.78, 5) is 22.2. The summed E-state index contributed by atoms with van der Waals surface area (Å²) in [5.74, 6) is 0.216. The Morgan fingerprint density at radius 1 is 1.47 bits per heavy atom. The molecule has 1 unspecified atom stereocenters. The van der Waals surface area contributed by atoms with E-state index in [0.717, 1.165) is 5.76 Å². The fraction of sp³-hybridized carbons (Fsp3) is 0.455. The smallest absolute Gasteiger partial charge is 0.239 e. The van der Waals surface area contributed by atoms with Crippen molar-refractivity contribution < 1.29 is 14.0 Å². The summed E-state index contributed by atoms with van der Waals surface area (Å²) in [5, 5.41) is 5.14. The maximum absolute atomic E-state index is 11.4. The predicted octanol–water partition coefficient (Wildman–Crippen LogP) is -0.598. The molecule has 0 fully saturated rings. The Labute approximate surface area is 99.5 Å². The van der Waals surface area contributed by atoms with Gasteiger partial charge in [-0.3, -0.25) is 9.59 Å². The molecule has 0 aliphatic rings. The summed E-state index contributed by atoms with van der Waals surface area (Å²) in [6.07, 6.45) is 2.20. The molecular weight excluding hydrogens is 222 g/mol. The molecule has 0 saturated heterocycles. The number of hydrogen-bond acceptors (Lipinski definition) is 4. The molecule has 1 aromatic heterocycles. The molecule has 1 rings (SSSR count). The molecule has 2 amide bonds. The van der Waals surface area contributed by atoms with Gasteiger partial charge >= 0.3 is 0 Å². The lowest BCUT2D eigenvalue weighted by molar-refractivity contribution is -0.125. The molecule has 6 nitrogen and oxygen atoms in total. The zero-order valence-electron chi connectivity index (χ0n) is 9.73. The van der Waals surface area contributed by atoms with Gasteiger partial charge in [0.15, 0.2) is 0 Å². The zero-order valence-corrected chi connectivity index (χ0v) is 9.73. The fourth-order valence-corrected chi connectivity index (χ4v) is 1.36. The van der Waals surface area contributed by atoms with Crippen LogP contribution in [0, 0.1) is 0 Å². The van der Waals surface area contributed by atoms with Crippen LogP contribution in [0.3, 0.4) is 0 Å². The third-order valence-corrected chi connectivity index (χ3v) is 2.13. The van der Waals surface area contributed by atoms with Gasteiger partial charge in [-0.15, -0.1) is 0 Å². The Morgan fingerprint density at radius 2 is 2.24 bits per heavy atom. The normalized spacial score (nSPS) is 11.9. The summed E-state index contributed by atoms with van der Waals surface area (Å²) < 4.78 is 5.16. The number of carbonyl (C=O) groups is 2. The Kier molecular flexibility index (Phi) is 5.22. The van der Waals surface area contributed by atoms with Crippen LogP contribution in [-0.4, -0.2) is 30.9 Å². The topological polar surface area (TPSA) is 97.4 Å². The number of carbonyl (C=O) groups excluding carboxylic acids is 2. The molecule has 0 radical (unpaired) electrons. The Balaban J connectivity index is 2.24. The third kappa shape index (κ3) is 5.17. The van der Waals surface area contributed by atoms with Crippen molar-refractivity contribution >= 4 is 11.8 Å². The molecule has 6 heteroatoms. The first-order chi connectivity index (χ1) is 8.11. The standard InChI is InChI=1S/C11H17N3O3/c1-8(5-9-3-2-4-17-9)14-11(16)7-13-10(15)6-12/h2-4,8H,5-7,12H2,1H3,(H,13,15)(H,14,16). The van der Waals surface area contributed by atoms with E-state index in [1.807, 2.05) is 13.0 Å². The van der Waals surface area contributed by atoms with Crippen LogP contribution >= 0.6 is 0 Å². The van der Waals surface area contributed by atoms with Gasteiger partial charge in [-0.1, -0.05) is 0 Å². The number of furan rings is 1. The first-order valence-corrected chi connectivity index (χ1v) is 5.40. The first-order valence-electron chi connectivity index (χ1n) is 5.40. The van der Waals surface area contributed by atoms with Gasteiger partial charge in [0.2, 0.25) is 11.8 Å². The molecule has 17 heavy (non-hydrogen) atoms. The molecule has 1 heterocycles. The predicted molar refractivity (Wildman–Crippen MR) is 62.1 cm³/mol. The fourth-order valence-electron chi connectivity index (χ4n) is 1.36. The summed E-state index contributed by atoms with van der Waals surface area (Å²) in [6.45, 7) is 1.69. The van der Waals surface area contributed by atoms with Gasteiger partial charge in [0.05, 0.1) is 19.4 Å². The van der Waals surface area contributed by atoms with Crippen molar-refractivity contribution in [3.8, 4) is 0 Å². The second kappa shape index (κ2) is 6.70. The van der Waals surface area contributed by atoms with E-state index in [9.17, 15) is 9.59 Å². The maximum atomic E-state index is 11.4. The minimum Gasteiger partial charge on any atom is -0.469 e. The van der Waals surface area contributed by atoms with Gasteiger partial charge in [0.25, 0.3) is 0 Å². The van der Waals surface area contributed by atoms with Gasteiger partial charge in [-0.2, -0.15) is 0 Å². The van der Waals surface area contributed by atoms with Crippen molar-refractivity contribution in [1.82, 2.24) is 10.6 Å². The van der Waals surface area contributed by atoms with Crippen LogP contribution in [0.4, 0.5) is 0 Å². The number of amides is 2. The Hall–Kier alpha value is -1.82. The first kappa shape index (κ1) is 13.2. The number of nitrogens with two attached hydrogens (primary N) is 1. The molecule has 94 valence electrons. The van der Waals surface area contributed by atoms with Crippen molar-refractivity contribution in [1.29, 1.82) is 0 Å². The lowest BCUT2D eigenvalue weighted by atomic mass is 10.2. The summed E-state index contributed by atoms with van der Waals surface area (Å²) >= 11 is 0. The quantitative estimate of drug-likeness (QED) is 0.617. The largest absolute Gasteiger partial charge is 0.469 e. The average Bonchev–Trinajstić information content (AvgIpc) is 2.78. The van der Waals surface area contributed by atoms with Crippen LogP contribution in [0.15, 0.2) is 22.8 Å². The number of rotatable bonds is 6.